The van der Waals surface area contributed by atoms with Crippen LogP contribution in [0.4, 0.5) is 0 Å². The first kappa shape index (κ1) is 15.7. The summed E-state index contributed by atoms with van der Waals surface area (Å²) < 4.78 is 0. The Morgan fingerprint density at radius 2 is 1.74 bits per heavy atom. The van der Waals surface area contributed by atoms with Crippen molar-refractivity contribution in [3.05, 3.63) is 35.4 Å². The van der Waals surface area contributed by atoms with Gasteiger partial charge in [0, 0.05) is 18.5 Å². The maximum atomic E-state index is 10.9. The summed E-state index contributed by atoms with van der Waals surface area (Å²) in [6, 6.07) is 9.02. The first-order valence-corrected chi connectivity index (χ1v) is 7.01. The Morgan fingerprint density at radius 3 is 2.21 bits per heavy atom. The van der Waals surface area contributed by atoms with Crippen LogP contribution in [0.25, 0.3) is 0 Å². The van der Waals surface area contributed by atoms with Gasteiger partial charge in [-0.3, -0.25) is 4.79 Å². The minimum Gasteiger partial charge on any atom is -0.370 e. The van der Waals surface area contributed by atoms with Crippen LogP contribution < -0.4 is 11.1 Å². The van der Waals surface area contributed by atoms with E-state index in [-0.39, 0.29) is 18.0 Å². The maximum Gasteiger partial charge on any atom is 0.218 e. The second-order valence-electron chi connectivity index (χ2n) is 5.80. The van der Waals surface area contributed by atoms with E-state index in [1.165, 1.54) is 11.1 Å². The SMILES string of the molecule is CC(C)Cc1ccc([C@H](C)N[C@@H](C)CC(N)=O)cc1. The molecule has 0 spiro atoms. The van der Waals surface area contributed by atoms with Crippen molar-refractivity contribution in [2.75, 3.05) is 0 Å². The van der Waals surface area contributed by atoms with Crippen molar-refractivity contribution in [3.63, 3.8) is 0 Å². The van der Waals surface area contributed by atoms with E-state index in [0.717, 1.165) is 6.42 Å². The monoisotopic (exact) mass is 262 g/mol. The molecule has 2 atom stereocenters. The minimum absolute atomic E-state index is 0.0999. The van der Waals surface area contributed by atoms with Crippen LogP contribution in [0, 0.1) is 5.92 Å². The zero-order chi connectivity index (χ0) is 14.4. The van der Waals surface area contributed by atoms with E-state index >= 15 is 0 Å². The molecular weight excluding hydrogens is 236 g/mol. The molecule has 19 heavy (non-hydrogen) atoms. The lowest BCUT2D eigenvalue weighted by Crippen LogP contribution is -2.32. The van der Waals surface area contributed by atoms with Crippen molar-refractivity contribution < 1.29 is 4.79 Å². The van der Waals surface area contributed by atoms with Gasteiger partial charge in [0.05, 0.1) is 0 Å². The van der Waals surface area contributed by atoms with Gasteiger partial charge in [-0.15, -0.1) is 0 Å². The average molecular weight is 262 g/mol. The summed E-state index contributed by atoms with van der Waals surface area (Å²) in [5.41, 5.74) is 7.81. The predicted molar refractivity (Wildman–Crippen MR) is 79.8 cm³/mol. The number of carbonyl (C=O) groups excluding carboxylic acids is 1. The van der Waals surface area contributed by atoms with E-state index in [0.29, 0.717) is 12.3 Å². The van der Waals surface area contributed by atoms with E-state index in [9.17, 15) is 4.79 Å². The second kappa shape index (κ2) is 7.29. The number of benzene rings is 1. The molecule has 0 fully saturated rings. The van der Waals surface area contributed by atoms with Gasteiger partial charge in [0.2, 0.25) is 5.91 Å². The number of hydrogen-bond acceptors (Lipinski definition) is 2. The van der Waals surface area contributed by atoms with Crippen LogP contribution in [0.1, 0.15) is 51.3 Å². The summed E-state index contributed by atoms with van der Waals surface area (Å²) in [5, 5.41) is 3.39. The molecule has 106 valence electrons. The van der Waals surface area contributed by atoms with Gasteiger partial charge in [0.1, 0.15) is 0 Å². The van der Waals surface area contributed by atoms with Crippen molar-refractivity contribution in [2.45, 2.75) is 52.6 Å². The van der Waals surface area contributed by atoms with Crippen LogP contribution in [0.5, 0.6) is 0 Å². The molecule has 0 saturated heterocycles. The largest absolute Gasteiger partial charge is 0.370 e. The average Bonchev–Trinajstić information content (AvgIpc) is 2.27. The standard InChI is InChI=1S/C16H26N2O/c1-11(2)9-14-5-7-15(8-6-14)13(4)18-12(3)10-16(17)19/h5-8,11-13,18H,9-10H2,1-4H3,(H2,17,19)/t12-,13-/m0/s1. The number of carbonyl (C=O) groups is 1. The van der Waals surface area contributed by atoms with E-state index in [4.69, 9.17) is 5.73 Å². The lowest BCUT2D eigenvalue weighted by Gasteiger charge is -2.19. The fourth-order valence-electron chi connectivity index (χ4n) is 2.30. The summed E-state index contributed by atoms with van der Waals surface area (Å²) in [7, 11) is 0. The van der Waals surface area contributed by atoms with Crippen molar-refractivity contribution in [3.8, 4) is 0 Å². The highest BCUT2D eigenvalue weighted by molar-refractivity contribution is 5.74. The van der Waals surface area contributed by atoms with Crippen LogP contribution in [0.2, 0.25) is 0 Å². The molecule has 3 N–H and O–H groups in total. The Morgan fingerprint density at radius 1 is 1.16 bits per heavy atom. The lowest BCUT2D eigenvalue weighted by molar-refractivity contribution is -0.118. The summed E-state index contributed by atoms with van der Waals surface area (Å²) in [4.78, 5) is 10.9. The lowest BCUT2D eigenvalue weighted by atomic mass is 9.99. The molecule has 3 nitrogen and oxygen atoms in total. The van der Waals surface area contributed by atoms with Gasteiger partial charge in [-0.1, -0.05) is 38.1 Å². The Labute approximate surface area is 116 Å². The van der Waals surface area contributed by atoms with Crippen LogP contribution in [0.15, 0.2) is 24.3 Å². The number of rotatable bonds is 7. The molecule has 0 saturated carbocycles. The third-order valence-electron chi connectivity index (χ3n) is 3.17. The highest BCUT2D eigenvalue weighted by Crippen LogP contribution is 2.16. The van der Waals surface area contributed by atoms with Crippen molar-refractivity contribution in [2.24, 2.45) is 11.7 Å². The molecule has 0 aliphatic rings. The number of nitrogens with one attached hydrogen (secondary N) is 1. The zero-order valence-electron chi connectivity index (χ0n) is 12.4. The molecule has 3 heteroatoms. The Bertz CT molecular complexity index is 398. The van der Waals surface area contributed by atoms with E-state index in [1.54, 1.807) is 0 Å². The molecule has 1 aromatic rings. The van der Waals surface area contributed by atoms with Gasteiger partial charge in [-0.2, -0.15) is 0 Å². The molecule has 0 heterocycles. The third kappa shape index (κ3) is 5.88. The molecule has 0 aromatic heterocycles. The molecule has 0 bridgehead atoms. The van der Waals surface area contributed by atoms with Crippen LogP contribution in [-0.2, 0) is 11.2 Å². The van der Waals surface area contributed by atoms with Crippen LogP contribution in [-0.4, -0.2) is 11.9 Å². The second-order valence-corrected chi connectivity index (χ2v) is 5.80. The number of amides is 1. The number of nitrogens with two attached hydrogens (primary N) is 1. The summed E-state index contributed by atoms with van der Waals surface area (Å²) in [6.07, 6.45) is 1.48. The van der Waals surface area contributed by atoms with Crippen molar-refractivity contribution in [1.82, 2.24) is 5.32 Å². The van der Waals surface area contributed by atoms with Crippen LogP contribution in [0.3, 0.4) is 0 Å². The normalized spacial score (nSPS) is 14.4. The van der Waals surface area contributed by atoms with Crippen molar-refractivity contribution in [1.29, 1.82) is 0 Å². The summed E-state index contributed by atoms with van der Waals surface area (Å²) in [6.45, 7) is 8.54. The highest BCUT2D eigenvalue weighted by Gasteiger charge is 2.11. The molecule has 0 aliphatic carbocycles. The fourth-order valence-corrected chi connectivity index (χ4v) is 2.30. The molecule has 0 unspecified atom stereocenters. The highest BCUT2D eigenvalue weighted by atomic mass is 16.1. The molecule has 1 rings (SSSR count). The van der Waals surface area contributed by atoms with Crippen molar-refractivity contribution >= 4 is 5.91 Å². The molecule has 0 aliphatic heterocycles. The van der Waals surface area contributed by atoms with Gasteiger partial charge in [0.15, 0.2) is 0 Å². The topological polar surface area (TPSA) is 55.1 Å². The first-order chi connectivity index (χ1) is 8.88. The summed E-state index contributed by atoms with van der Waals surface area (Å²) >= 11 is 0. The quantitative estimate of drug-likeness (QED) is 0.794. The predicted octanol–water partition coefficient (Wildman–Crippen LogP) is 2.80. The Kier molecular flexibility index (Phi) is 6.03. The Hall–Kier alpha value is -1.35. The zero-order valence-corrected chi connectivity index (χ0v) is 12.4. The fraction of sp³-hybridized carbons (Fsp3) is 0.562. The van der Waals surface area contributed by atoms with Gasteiger partial charge in [-0.25, -0.2) is 0 Å². The molecule has 1 aromatic carbocycles. The number of hydrogen-bond donors (Lipinski definition) is 2. The van der Waals surface area contributed by atoms with Gasteiger partial charge in [0.25, 0.3) is 0 Å². The summed E-state index contributed by atoms with van der Waals surface area (Å²) in [5.74, 6) is 0.413. The van der Waals surface area contributed by atoms with E-state index < -0.39 is 0 Å². The number of primary amides is 1. The molecular formula is C16H26N2O. The molecule has 1 amide bonds. The van der Waals surface area contributed by atoms with Gasteiger partial charge >= 0.3 is 0 Å². The van der Waals surface area contributed by atoms with Gasteiger partial charge < -0.3 is 11.1 Å². The minimum atomic E-state index is -0.264. The Balaban J connectivity index is 2.57. The maximum absolute atomic E-state index is 10.9. The first-order valence-electron chi connectivity index (χ1n) is 7.01. The van der Waals surface area contributed by atoms with Gasteiger partial charge in [-0.05, 0) is 37.3 Å². The third-order valence-corrected chi connectivity index (χ3v) is 3.17. The smallest absolute Gasteiger partial charge is 0.218 e. The van der Waals surface area contributed by atoms with E-state index in [1.807, 2.05) is 6.92 Å². The van der Waals surface area contributed by atoms with E-state index in [2.05, 4.69) is 50.4 Å². The van der Waals surface area contributed by atoms with Crippen LogP contribution >= 0.6 is 0 Å². The molecule has 0 radical (unpaired) electrons.